The minimum absolute atomic E-state index is 0.0712. The first-order chi connectivity index (χ1) is 12.2. The standard InChI is InChI=1S/C18H12BrFN4O/c19-13-7-6-12(16(20)8-13)10-25-18-15-9-23-24(17(15)21-11-22-18)14-4-2-1-3-5-14/h1-9,11H,10H2. The summed E-state index contributed by atoms with van der Waals surface area (Å²) in [5, 5.41) is 5.03. The number of hydrogen-bond acceptors (Lipinski definition) is 4. The average molecular weight is 399 g/mol. The molecule has 0 saturated carbocycles. The van der Waals surface area contributed by atoms with Gasteiger partial charge >= 0.3 is 0 Å². The zero-order valence-corrected chi connectivity index (χ0v) is 14.5. The van der Waals surface area contributed by atoms with Gasteiger partial charge in [0.1, 0.15) is 24.1 Å². The van der Waals surface area contributed by atoms with Crippen molar-refractivity contribution >= 4 is 27.0 Å². The van der Waals surface area contributed by atoms with Gasteiger partial charge in [-0.2, -0.15) is 5.10 Å². The van der Waals surface area contributed by atoms with Crippen LogP contribution in [0.3, 0.4) is 0 Å². The Labute approximate surface area is 151 Å². The van der Waals surface area contributed by atoms with Gasteiger partial charge in [-0.25, -0.2) is 19.0 Å². The summed E-state index contributed by atoms with van der Waals surface area (Å²) >= 11 is 3.24. The van der Waals surface area contributed by atoms with Crippen LogP contribution in [-0.2, 0) is 6.61 Å². The molecule has 0 fully saturated rings. The van der Waals surface area contributed by atoms with E-state index >= 15 is 0 Å². The molecule has 2 aromatic carbocycles. The van der Waals surface area contributed by atoms with E-state index < -0.39 is 0 Å². The number of ether oxygens (including phenoxy) is 1. The molecule has 4 aromatic rings. The molecule has 0 radical (unpaired) electrons. The highest BCUT2D eigenvalue weighted by atomic mass is 79.9. The predicted molar refractivity (Wildman–Crippen MR) is 95.1 cm³/mol. The van der Waals surface area contributed by atoms with Crippen molar-refractivity contribution in [3.8, 4) is 11.6 Å². The summed E-state index contributed by atoms with van der Waals surface area (Å²) in [7, 11) is 0. The fourth-order valence-corrected chi connectivity index (χ4v) is 2.81. The maximum absolute atomic E-state index is 13.9. The van der Waals surface area contributed by atoms with E-state index in [1.54, 1.807) is 23.0 Å². The lowest BCUT2D eigenvalue weighted by Crippen LogP contribution is -2.01. The summed E-state index contributed by atoms with van der Waals surface area (Å²) < 4.78 is 22.0. The first-order valence-electron chi connectivity index (χ1n) is 7.53. The number of para-hydroxylation sites is 1. The maximum atomic E-state index is 13.9. The van der Waals surface area contributed by atoms with Crippen molar-refractivity contribution in [1.29, 1.82) is 0 Å². The van der Waals surface area contributed by atoms with Crippen LogP contribution in [0.25, 0.3) is 16.7 Å². The van der Waals surface area contributed by atoms with E-state index in [9.17, 15) is 4.39 Å². The monoisotopic (exact) mass is 398 g/mol. The van der Waals surface area contributed by atoms with Gasteiger partial charge in [-0.05, 0) is 24.3 Å². The van der Waals surface area contributed by atoms with E-state index in [4.69, 9.17) is 4.74 Å². The Morgan fingerprint density at radius 3 is 2.72 bits per heavy atom. The molecule has 0 aliphatic rings. The molecule has 0 amide bonds. The summed E-state index contributed by atoms with van der Waals surface area (Å²) in [6, 6.07) is 14.5. The summed E-state index contributed by atoms with van der Waals surface area (Å²) in [6.45, 7) is 0.0712. The molecule has 0 N–H and O–H groups in total. The average Bonchev–Trinajstić information content (AvgIpc) is 3.06. The fourth-order valence-electron chi connectivity index (χ4n) is 2.48. The third-order valence-corrected chi connectivity index (χ3v) is 4.20. The lowest BCUT2D eigenvalue weighted by atomic mass is 10.2. The zero-order chi connectivity index (χ0) is 17.2. The lowest BCUT2D eigenvalue weighted by molar-refractivity contribution is 0.291. The fraction of sp³-hybridized carbons (Fsp3) is 0.0556. The lowest BCUT2D eigenvalue weighted by Gasteiger charge is -2.07. The summed E-state index contributed by atoms with van der Waals surface area (Å²) in [4.78, 5) is 8.45. The van der Waals surface area contributed by atoms with Crippen molar-refractivity contribution in [3.05, 3.63) is 76.9 Å². The number of aromatic nitrogens is 4. The zero-order valence-electron chi connectivity index (χ0n) is 12.9. The van der Waals surface area contributed by atoms with Crippen LogP contribution in [-0.4, -0.2) is 19.7 Å². The molecule has 0 saturated heterocycles. The van der Waals surface area contributed by atoms with Gasteiger partial charge in [0.15, 0.2) is 5.65 Å². The molecule has 5 nitrogen and oxygen atoms in total. The first-order valence-corrected chi connectivity index (χ1v) is 8.32. The summed E-state index contributed by atoms with van der Waals surface area (Å²) in [6.07, 6.45) is 3.06. The molecule has 0 aliphatic heterocycles. The van der Waals surface area contributed by atoms with Crippen molar-refractivity contribution in [1.82, 2.24) is 19.7 Å². The van der Waals surface area contributed by atoms with Gasteiger partial charge in [0, 0.05) is 10.0 Å². The highest BCUT2D eigenvalue weighted by Crippen LogP contribution is 2.24. The quantitative estimate of drug-likeness (QED) is 0.514. The smallest absolute Gasteiger partial charge is 0.228 e. The Hall–Kier alpha value is -2.80. The Morgan fingerprint density at radius 2 is 1.92 bits per heavy atom. The van der Waals surface area contributed by atoms with Gasteiger partial charge in [-0.1, -0.05) is 40.2 Å². The first kappa shape index (κ1) is 15.7. The van der Waals surface area contributed by atoms with E-state index in [-0.39, 0.29) is 12.4 Å². The molecule has 2 aromatic heterocycles. The van der Waals surface area contributed by atoms with E-state index in [1.165, 1.54) is 12.4 Å². The van der Waals surface area contributed by atoms with Crippen molar-refractivity contribution in [2.24, 2.45) is 0 Å². The SMILES string of the molecule is Fc1cc(Br)ccc1COc1ncnc2c1cnn2-c1ccccc1. The number of rotatable bonds is 4. The Bertz CT molecular complexity index is 1040. The third-order valence-electron chi connectivity index (χ3n) is 3.71. The topological polar surface area (TPSA) is 52.8 Å². The number of hydrogen-bond donors (Lipinski definition) is 0. The second kappa shape index (κ2) is 6.60. The number of benzene rings is 2. The van der Waals surface area contributed by atoms with Crippen LogP contribution in [0.2, 0.25) is 0 Å². The van der Waals surface area contributed by atoms with E-state index in [0.29, 0.717) is 26.9 Å². The molecular formula is C18H12BrFN4O. The third kappa shape index (κ3) is 3.10. The molecule has 0 aliphatic carbocycles. The summed E-state index contributed by atoms with van der Waals surface area (Å²) in [5.41, 5.74) is 1.97. The highest BCUT2D eigenvalue weighted by molar-refractivity contribution is 9.10. The molecular weight excluding hydrogens is 387 g/mol. The van der Waals surface area contributed by atoms with Gasteiger partial charge in [0.25, 0.3) is 0 Å². The van der Waals surface area contributed by atoms with E-state index in [2.05, 4.69) is 31.0 Å². The van der Waals surface area contributed by atoms with Crippen LogP contribution >= 0.6 is 15.9 Å². The number of nitrogens with zero attached hydrogens (tertiary/aromatic N) is 4. The minimum atomic E-state index is -0.334. The molecule has 0 bridgehead atoms. The molecule has 0 unspecified atom stereocenters. The van der Waals surface area contributed by atoms with Crippen molar-refractivity contribution < 1.29 is 9.13 Å². The van der Waals surface area contributed by atoms with Gasteiger partial charge in [0.2, 0.25) is 5.88 Å². The van der Waals surface area contributed by atoms with Crippen LogP contribution < -0.4 is 4.74 Å². The van der Waals surface area contributed by atoms with Gasteiger partial charge < -0.3 is 4.74 Å². The van der Waals surface area contributed by atoms with Crippen LogP contribution in [0.4, 0.5) is 4.39 Å². The van der Waals surface area contributed by atoms with E-state index in [1.807, 2.05) is 30.3 Å². The Morgan fingerprint density at radius 1 is 1.08 bits per heavy atom. The molecule has 0 spiro atoms. The molecule has 7 heteroatoms. The van der Waals surface area contributed by atoms with Gasteiger partial charge in [-0.15, -0.1) is 0 Å². The predicted octanol–water partition coefficient (Wildman–Crippen LogP) is 4.30. The normalized spacial score (nSPS) is 11.0. The number of halogens is 2. The maximum Gasteiger partial charge on any atom is 0.228 e. The van der Waals surface area contributed by atoms with Crippen LogP contribution in [0.5, 0.6) is 5.88 Å². The van der Waals surface area contributed by atoms with Crippen molar-refractivity contribution in [2.75, 3.05) is 0 Å². The van der Waals surface area contributed by atoms with Crippen LogP contribution in [0.1, 0.15) is 5.56 Å². The highest BCUT2D eigenvalue weighted by Gasteiger charge is 2.13. The van der Waals surface area contributed by atoms with Gasteiger partial charge in [0.05, 0.1) is 11.9 Å². The minimum Gasteiger partial charge on any atom is -0.472 e. The Balaban J connectivity index is 1.66. The second-order valence-corrected chi connectivity index (χ2v) is 6.25. The molecule has 124 valence electrons. The molecule has 2 heterocycles. The number of fused-ring (bicyclic) bond motifs is 1. The molecule has 0 atom stereocenters. The van der Waals surface area contributed by atoms with Crippen molar-refractivity contribution in [3.63, 3.8) is 0 Å². The molecule has 25 heavy (non-hydrogen) atoms. The largest absolute Gasteiger partial charge is 0.472 e. The second-order valence-electron chi connectivity index (χ2n) is 5.33. The van der Waals surface area contributed by atoms with Crippen molar-refractivity contribution in [2.45, 2.75) is 6.61 Å². The van der Waals surface area contributed by atoms with Gasteiger partial charge in [-0.3, -0.25) is 0 Å². The van der Waals surface area contributed by atoms with Crippen LogP contribution in [0, 0.1) is 5.82 Å². The Kier molecular flexibility index (Phi) is 4.15. The van der Waals surface area contributed by atoms with Crippen LogP contribution in [0.15, 0.2) is 65.5 Å². The molecule has 4 rings (SSSR count). The van der Waals surface area contributed by atoms with E-state index in [0.717, 1.165) is 5.69 Å². The summed E-state index contributed by atoms with van der Waals surface area (Å²) in [5.74, 6) is 0.0363.